The summed E-state index contributed by atoms with van der Waals surface area (Å²) >= 11 is 1.66. The average Bonchev–Trinajstić information content (AvgIpc) is 3.16. The highest BCUT2D eigenvalue weighted by Gasteiger charge is 2.26. The van der Waals surface area contributed by atoms with Crippen LogP contribution in [0.5, 0.6) is 5.75 Å². The van der Waals surface area contributed by atoms with Crippen LogP contribution in [0.4, 0.5) is 5.69 Å². The van der Waals surface area contributed by atoms with Gasteiger partial charge in [-0.1, -0.05) is 18.2 Å². The van der Waals surface area contributed by atoms with E-state index in [0.29, 0.717) is 13.1 Å². The lowest BCUT2D eigenvalue weighted by Crippen LogP contribution is -2.55. The SMILES string of the molecule is Cc1nc2cc(OCC(O)CN3CCN(CC(=O)Nc4c(C)cccc4C)C(C)C3)ccc2s1. The molecule has 0 saturated carbocycles. The van der Waals surface area contributed by atoms with Crippen LogP contribution < -0.4 is 10.1 Å². The molecule has 0 aliphatic carbocycles. The van der Waals surface area contributed by atoms with Gasteiger partial charge >= 0.3 is 0 Å². The van der Waals surface area contributed by atoms with E-state index in [0.717, 1.165) is 57.4 Å². The average molecular weight is 483 g/mol. The molecule has 2 unspecified atom stereocenters. The molecular formula is C26H34N4O3S. The molecule has 0 bridgehead atoms. The fourth-order valence-electron chi connectivity index (χ4n) is 4.50. The minimum atomic E-state index is -0.584. The van der Waals surface area contributed by atoms with Crippen molar-refractivity contribution in [3.63, 3.8) is 0 Å². The summed E-state index contributed by atoms with van der Waals surface area (Å²) in [6.07, 6.45) is -0.584. The second kappa shape index (κ2) is 10.8. The molecule has 7 nitrogen and oxygen atoms in total. The predicted molar refractivity (Wildman–Crippen MR) is 138 cm³/mol. The van der Waals surface area contributed by atoms with Crippen molar-refractivity contribution in [2.45, 2.75) is 39.8 Å². The van der Waals surface area contributed by atoms with Crippen molar-refractivity contribution >= 4 is 33.1 Å². The quantitative estimate of drug-likeness (QED) is 0.511. The fraction of sp³-hybridized carbons (Fsp3) is 0.462. The minimum absolute atomic E-state index is 0.0124. The lowest BCUT2D eigenvalue weighted by atomic mass is 10.1. The maximum absolute atomic E-state index is 12.7. The Morgan fingerprint density at radius 2 is 2.00 bits per heavy atom. The molecule has 1 amide bonds. The number of aromatic nitrogens is 1. The lowest BCUT2D eigenvalue weighted by Gasteiger charge is -2.40. The Bertz CT molecular complexity index is 1130. The molecule has 1 saturated heterocycles. The first kappa shape index (κ1) is 24.6. The van der Waals surface area contributed by atoms with E-state index >= 15 is 0 Å². The number of benzene rings is 2. The second-order valence-corrected chi connectivity index (χ2v) is 10.5. The summed E-state index contributed by atoms with van der Waals surface area (Å²) in [5.74, 6) is 0.739. The van der Waals surface area contributed by atoms with Gasteiger partial charge in [-0.05, 0) is 51.0 Å². The van der Waals surface area contributed by atoms with E-state index in [4.69, 9.17) is 4.74 Å². The third kappa shape index (κ3) is 6.13. The highest BCUT2D eigenvalue weighted by Crippen LogP contribution is 2.25. The molecule has 1 aliphatic heterocycles. The summed E-state index contributed by atoms with van der Waals surface area (Å²) in [7, 11) is 0. The molecule has 1 aliphatic rings. The Labute approximate surface area is 205 Å². The molecule has 8 heteroatoms. The molecule has 0 radical (unpaired) electrons. The normalized spacial score (nSPS) is 18.2. The van der Waals surface area contributed by atoms with Crippen molar-refractivity contribution < 1.29 is 14.6 Å². The summed E-state index contributed by atoms with van der Waals surface area (Å²) in [5.41, 5.74) is 3.99. The lowest BCUT2D eigenvalue weighted by molar-refractivity contribution is -0.118. The first-order valence-corrected chi connectivity index (χ1v) is 12.6. The fourth-order valence-corrected chi connectivity index (χ4v) is 5.31. The zero-order valence-corrected chi connectivity index (χ0v) is 21.2. The Hall–Kier alpha value is -2.52. The number of carbonyl (C=O) groups is 1. The number of aliphatic hydroxyl groups is 1. The summed E-state index contributed by atoms with van der Waals surface area (Å²) in [6.45, 7) is 11.7. The maximum Gasteiger partial charge on any atom is 0.238 e. The van der Waals surface area contributed by atoms with E-state index in [1.165, 1.54) is 0 Å². The first-order valence-electron chi connectivity index (χ1n) is 11.8. The van der Waals surface area contributed by atoms with Gasteiger partial charge in [0, 0.05) is 44.0 Å². The largest absolute Gasteiger partial charge is 0.491 e. The molecule has 2 atom stereocenters. The Kier molecular flexibility index (Phi) is 7.83. The first-order chi connectivity index (χ1) is 16.3. The van der Waals surface area contributed by atoms with Crippen molar-refractivity contribution in [3.8, 4) is 5.75 Å². The van der Waals surface area contributed by atoms with Crippen molar-refractivity contribution in [1.29, 1.82) is 0 Å². The van der Waals surface area contributed by atoms with E-state index in [9.17, 15) is 9.90 Å². The van der Waals surface area contributed by atoms with Crippen LogP contribution in [0, 0.1) is 20.8 Å². The second-order valence-electron chi connectivity index (χ2n) is 9.22. The molecule has 4 rings (SSSR count). The maximum atomic E-state index is 12.7. The van der Waals surface area contributed by atoms with E-state index < -0.39 is 6.10 Å². The number of nitrogens with one attached hydrogen (secondary N) is 1. The number of anilines is 1. The number of amides is 1. The van der Waals surface area contributed by atoms with Crippen LogP contribution in [0.2, 0.25) is 0 Å². The van der Waals surface area contributed by atoms with Gasteiger partial charge in [-0.3, -0.25) is 14.6 Å². The number of piperazine rings is 1. The van der Waals surface area contributed by atoms with E-state index in [1.54, 1.807) is 11.3 Å². The number of para-hydroxylation sites is 1. The summed E-state index contributed by atoms with van der Waals surface area (Å²) in [5, 5.41) is 14.6. The topological polar surface area (TPSA) is 77.9 Å². The number of aryl methyl sites for hydroxylation is 3. The van der Waals surface area contributed by atoms with Gasteiger partial charge in [0.15, 0.2) is 0 Å². The Balaban J connectivity index is 1.22. The van der Waals surface area contributed by atoms with Gasteiger partial charge in [-0.15, -0.1) is 11.3 Å². The summed E-state index contributed by atoms with van der Waals surface area (Å²) in [4.78, 5) is 21.6. The molecule has 1 aromatic heterocycles. The smallest absolute Gasteiger partial charge is 0.238 e. The zero-order valence-electron chi connectivity index (χ0n) is 20.4. The molecule has 182 valence electrons. The molecular weight excluding hydrogens is 448 g/mol. The highest BCUT2D eigenvalue weighted by atomic mass is 32.1. The number of fused-ring (bicyclic) bond motifs is 1. The molecule has 3 aromatic rings. The van der Waals surface area contributed by atoms with E-state index in [1.807, 2.05) is 57.2 Å². The number of hydrogen-bond acceptors (Lipinski definition) is 7. The van der Waals surface area contributed by atoms with Crippen LogP contribution in [-0.2, 0) is 4.79 Å². The summed E-state index contributed by atoms with van der Waals surface area (Å²) < 4.78 is 6.97. The van der Waals surface area contributed by atoms with Crippen LogP contribution in [-0.4, -0.2) is 77.3 Å². The van der Waals surface area contributed by atoms with Crippen LogP contribution in [0.3, 0.4) is 0 Å². The van der Waals surface area contributed by atoms with Gasteiger partial charge in [-0.25, -0.2) is 4.98 Å². The van der Waals surface area contributed by atoms with Crippen molar-refractivity contribution in [3.05, 3.63) is 52.5 Å². The standard InChI is InChI=1S/C26H34N4O3S/c1-17-6-5-7-18(2)26(17)28-25(32)15-30-11-10-29(13-19(30)3)14-21(31)16-33-22-8-9-24-23(12-22)27-20(4)34-24/h5-9,12,19,21,31H,10-11,13-16H2,1-4H3,(H,28,32). The van der Waals surface area contributed by atoms with Gasteiger partial charge in [0.2, 0.25) is 5.91 Å². The zero-order chi connectivity index (χ0) is 24.2. The monoisotopic (exact) mass is 482 g/mol. The number of carbonyl (C=O) groups excluding carboxylic acids is 1. The molecule has 0 spiro atoms. The molecule has 2 heterocycles. The molecule has 1 fully saturated rings. The Morgan fingerprint density at radius 1 is 1.24 bits per heavy atom. The van der Waals surface area contributed by atoms with E-state index in [-0.39, 0.29) is 18.6 Å². The number of hydrogen-bond donors (Lipinski definition) is 2. The predicted octanol–water partition coefficient (Wildman–Crippen LogP) is 3.61. The van der Waals surface area contributed by atoms with Crippen LogP contribution in [0.15, 0.2) is 36.4 Å². The van der Waals surface area contributed by atoms with Gasteiger partial charge in [0.1, 0.15) is 18.5 Å². The number of ether oxygens (including phenoxy) is 1. The van der Waals surface area contributed by atoms with Gasteiger partial charge < -0.3 is 15.2 Å². The molecule has 2 aromatic carbocycles. The van der Waals surface area contributed by atoms with Gasteiger partial charge in [-0.2, -0.15) is 0 Å². The van der Waals surface area contributed by atoms with Crippen LogP contribution >= 0.6 is 11.3 Å². The Morgan fingerprint density at radius 3 is 2.74 bits per heavy atom. The van der Waals surface area contributed by atoms with Gasteiger partial charge in [0.25, 0.3) is 0 Å². The highest BCUT2D eigenvalue weighted by molar-refractivity contribution is 7.18. The number of β-amino-alcohol motifs (C(OH)–C–C–N with tert-alkyl or cyclic N) is 1. The minimum Gasteiger partial charge on any atom is -0.491 e. The van der Waals surface area contributed by atoms with Crippen molar-refractivity contribution in [1.82, 2.24) is 14.8 Å². The molecule has 34 heavy (non-hydrogen) atoms. The van der Waals surface area contributed by atoms with Crippen molar-refractivity contribution in [2.24, 2.45) is 0 Å². The number of rotatable bonds is 8. The summed E-state index contributed by atoms with van der Waals surface area (Å²) in [6, 6.07) is 12.1. The van der Waals surface area contributed by atoms with E-state index in [2.05, 4.69) is 27.0 Å². The van der Waals surface area contributed by atoms with Crippen molar-refractivity contribution in [2.75, 3.05) is 44.6 Å². The van der Waals surface area contributed by atoms with Gasteiger partial charge in [0.05, 0.1) is 21.8 Å². The molecule has 2 N–H and O–H groups in total. The van der Waals surface area contributed by atoms with Crippen LogP contribution in [0.25, 0.3) is 10.2 Å². The van der Waals surface area contributed by atoms with Crippen LogP contribution in [0.1, 0.15) is 23.1 Å². The number of aliphatic hydroxyl groups excluding tert-OH is 1. The third-order valence-electron chi connectivity index (χ3n) is 6.32. The third-order valence-corrected chi connectivity index (χ3v) is 7.27. The number of thiazole rings is 1. The number of nitrogens with zero attached hydrogens (tertiary/aromatic N) is 3.